The van der Waals surface area contributed by atoms with E-state index in [-0.39, 0.29) is 22.7 Å². The Morgan fingerprint density at radius 2 is 1.70 bits per heavy atom. The van der Waals surface area contributed by atoms with Crippen molar-refractivity contribution in [2.75, 3.05) is 33.3 Å². The van der Waals surface area contributed by atoms with Gasteiger partial charge in [0.25, 0.3) is 5.56 Å². The summed E-state index contributed by atoms with van der Waals surface area (Å²) >= 11 is 19.6. The van der Waals surface area contributed by atoms with E-state index in [9.17, 15) is 14.0 Å². The van der Waals surface area contributed by atoms with E-state index in [0.717, 1.165) is 25.9 Å². The summed E-state index contributed by atoms with van der Waals surface area (Å²) in [6, 6.07) is 15.5. The molecule has 1 aliphatic rings. The Balaban J connectivity index is 1.38. The molecule has 0 aliphatic carbocycles. The van der Waals surface area contributed by atoms with Gasteiger partial charge in [0, 0.05) is 36.2 Å². The van der Waals surface area contributed by atoms with Crippen LogP contribution in [0.5, 0.6) is 5.75 Å². The van der Waals surface area contributed by atoms with Crippen molar-refractivity contribution in [3.63, 3.8) is 0 Å². The fraction of sp³-hybridized carbons (Fsp3) is 0.389. The fourth-order valence-corrected chi connectivity index (χ4v) is 6.72. The molecule has 2 heterocycles. The molecule has 0 bridgehead atoms. The second-order valence-electron chi connectivity index (χ2n) is 12.4. The van der Waals surface area contributed by atoms with E-state index in [2.05, 4.69) is 31.1 Å². The zero-order valence-corrected chi connectivity index (χ0v) is 29.0. The first-order chi connectivity index (χ1) is 22.5. The predicted octanol–water partition coefficient (Wildman–Crippen LogP) is 8.17. The summed E-state index contributed by atoms with van der Waals surface area (Å²) < 4.78 is 27.6. The van der Waals surface area contributed by atoms with Gasteiger partial charge in [-0.05, 0) is 93.2 Å². The van der Waals surface area contributed by atoms with Gasteiger partial charge in [0.15, 0.2) is 0 Å². The van der Waals surface area contributed by atoms with Crippen LogP contribution in [0.4, 0.5) is 4.39 Å². The lowest BCUT2D eigenvalue weighted by Gasteiger charge is -2.30. The molecule has 4 aromatic rings. The van der Waals surface area contributed by atoms with Crippen LogP contribution in [0.2, 0.25) is 15.1 Å². The zero-order chi connectivity index (χ0) is 33.7. The van der Waals surface area contributed by atoms with Crippen molar-refractivity contribution in [1.29, 1.82) is 0 Å². The number of carbonyl (C=O) groups excluding carboxylic acids is 1. The third-order valence-corrected chi connectivity index (χ3v) is 9.21. The highest BCUT2D eigenvalue weighted by Gasteiger charge is 2.26. The van der Waals surface area contributed by atoms with Crippen molar-refractivity contribution in [2.45, 2.75) is 51.7 Å². The zero-order valence-electron chi connectivity index (χ0n) is 26.7. The number of rotatable bonds is 12. The largest absolute Gasteiger partial charge is 0.493 e. The van der Waals surface area contributed by atoms with E-state index in [1.165, 1.54) is 22.8 Å². The number of piperidine rings is 1. The summed E-state index contributed by atoms with van der Waals surface area (Å²) in [6.07, 6.45) is 2.91. The number of para-hydroxylation sites is 1. The molecule has 47 heavy (non-hydrogen) atoms. The molecule has 11 heteroatoms. The molecule has 0 radical (unpaired) electrons. The molecule has 7 nitrogen and oxygen atoms in total. The number of esters is 1. The van der Waals surface area contributed by atoms with E-state index in [1.807, 2.05) is 6.07 Å². The van der Waals surface area contributed by atoms with Gasteiger partial charge in [-0.25, -0.2) is 4.39 Å². The highest BCUT2D eigenvalue weighted by Crippen LogP contribution is 2.38. The summed E-state index contributed by atoms with van der Waals surface area (Å²) in [5.74, 6) is 0.109. The van der Waals surface area contributed by atoms with Crippen molar-refractivity contribution >= 4 is 51.7 Å². The lowest BCUT2D eigenvalue weighted by molar-refractivity contribution is -0.154. The minimum absolute atomic E-state index is 0.0479. The van der Waals surface area contributed by atoms with Crippen LogP contribution in [-0.2, 0) is 9.53 Å². The topological polar surface area (TPSA) is 72.8 Å². The Kier molecular flexibility index (Phi) is 11.9. The number of benzene rings is 3. The molecule has 0 amide bonds. The maximum absolute atomic E-state index is 14.0. The summed E-state index contributed by atoms with van der Waals surface area (Å²) in [5, 5.41) is 4.86. The molecule has 1 fully saturated rings. The number of ether oxygens (including phenoxy) is 2. The number of fused-ring (bicyclic) bond motifs is 1. The molecule has 5 rings (SSSR count). The van der Waals surface area contributed by atoms with Gasteiger partial charge in [-0.15, -0.1) is 0 Å². The van der Waals surface area contributed by atoms with Crippen LogP contribution >= 0.6 is 34.8 Å². The number of hydrogen-bond donors (Lipinski definition) is 1. The summed E-state index contributed by atoms with van der Waals surface area (Å²) in [7, 11) is 2.08. The highest BCUT2D eigenvalue weighted by atomic mass is 35.5. The molecule has 1 aliphatic heterocycles. The quantitative estimate of drug-likeness (QED) is 0.119. The van der Waals surface area contributed by atoms with E-state index < -0.39 is 11.9 Å². The second-order valence-corrected chi connectivity index (χ2v) is 13.6. The van der Waals surface area contributed by atoms with E-state index in [4.69, 9.17) is 44.3 Å². The van der Waals surface area contributed by atoms with E-state index >= 15 is 0 Å². The Labute approximate surface area is 289 Å². The normalized spacial score (nSPS) is 14.9. The van der Waals surface area contributed by atoms with E-state index in [1.54, 1.807) is 36.4 Å². The molecule has 0 unspecified atom stereocenters. The van der Waals surface area contributed by atoms with Crippen molar-refractivity contribution in [1.82, 2.24) is 14.8 Å². The van der Waals surface area contributed by atoms with Gasteiger partial charge in [-0.2, -0.15) is 0 Å². The van der Waals surface area contributed by atoms with Gasteiger partial charge in [-0.1, -0.05) is 54.7 Å². The summed E-state index contributed by atoms with van der Waals surface area (Å²) in [6.45, 7) is 6.86. The Hall–Kier alpha value is -3.14. The Bertz CT molecular complexity index is 1770. The number of aromatic nitrogens is 1. The lowest BCUT2D eigenvalue weighted by Crippen LogP contribution is -2.43. The van der Waals surface area contributed by atoms with Crippen LogP contribution in [0.3, 0.4) is 0 Å². The van der Waals surface area contributed by atoms with Crippen LogP contribution in [0, 0.1) is 11.7 Å². The molecule has 1 aromatic heterocycles. The molecule has 250 valence electrons. The van der Waals surface area contributed by atoms with Crippen molar-refractivity contribution in [2.24, 2.45) is 5.92 Å². The van der Waals surface area contributed by atoms with Crippen molar-refractivity contribution in [3.8, 4) is 22.6 Å². The number of likely N-dealkylation sites (tertiary alicyclic amines) is 1. The van der Waals surface area contributed by atoms with E-state index in [0.29, 0.717) is 75.4 Å². The van der Waals surface area contributed by atoms with Gasteiger partial charge >= 0.3 is 5.97 Å². The van der Waals surface area contributed by atoms with Crippen LogP contribution in [0.25, 0.3) is 27.7 Å². The minimum atomic E-state index is -0.464. The Morgan fingerprint density at radius 3 is 2.38 bits per heavy atom. The van der Waals surface area contributed by atoms with Crippen molar-refractivity contribution in [3.05, 3.63) is 91.9 Å². The smallest absolute Gasteiger partial charge is 0.323 e. The summed E-state index contributed by atoms with van der Waals surface area (Å²) in [4.78, 5) is 28.6. The predicted molar refractivity (Wildman–Crippen MR) is 188 cm³/mol. The van der Waals surface area contributed by atoms with Gasteiger partial charge in [0.1, 0.15) is 23.7 Å². The monoisotopic (exact) mass is 701 g/mol. The Morgan fingerprint density at radius 1 is 0.979 bits per heavy atom. The molecule has 1 atom stereocenters. The number of halogens is 4. The molecule has 1 N–H and O–H groups in total. The van der Waals surface area contributed by atoms with Crippen LogP contribution in [-0.4, -0.2) is 60.9 Å². The number of pyridine rings is 1. The molecular weight excluding hydrogens is 664 g/mol. The molecule has 0 saturated carbocycles. The first-order valence-electron chi connectivity index (χ1n) is 15.9. The van der Waals surface area contributed by atoms with Gasteiger partial charge in [0.05, 0.1) is 32.9 Å². The van der Waals surface area contributed by atoms with Gasteiger partial charge in [0.2, 0.25) is 0 Å². The molecular formula is C36H39Cl3FN3O4. The molecule has 3 aromatic carbocycles. The maximum Gasteiger partial charge on any atom is 0.323 e. The van der Waals surface area contributed by atoms with Crippen LogP contribution in [0.1, 0.15) is 39.5 Å². The minimum Gasteiger partial charge on any atom is -0.493 e. The molecule has 0 spiro atoms. The maximum atomic E-state index is 14.0. The fourth-order valence-electron chi connectivity index (χ4n) is 5.89. The SMILES string of the molecule is CC(C)C[C@H](NCCCOc1cc(-c2ccc(F)cc2Cl)c2ccc(=O)n(-c3c(Cl)cccc3Cl)c2c1)C(=O)OC1CCN(C)CC1. The number of nitrogens with one attached hydrogen (secondary N) is 1. The van der Waals surface area contributed by atoms with Gasteiger partial charge in [-0.3, -0.25) is 14.2 Å². The number of hydrogen-bond acceptors (Lipinski definition) is 6. The lowest BCUT2D eigenvalue weighted by atomic mass is 9.99. The third kappa shape index (κ3) is 8.67. The average Bonchev–Trinajstić information content (AvgIpc) is 3.02. The first-order valence-corrected chi connectivity index (χ1v) is 17.0. The second kappa shape index (κ2) is 15.8. The van der Waals surface area contributed by atoms with Crippen molar-refractivity contribution < 1.29 is 18.7 Å². The third-order valence-electron chi connectivity index (χ3n) is 8.29. The molecule has 1 saturated heterocycles. The van der Waals surface area contributed by atoms with Crippen LogP contribution in [0.15, 0.2) is 65.5 Å². The standard InChI is InChI=1S/C36H39Cl3FN3O4/c1-22(2)18-32(36(45)47-24-12-15-42(3)16-13-24)41-14-5-17-46-25-20-28(26-9-8-23(40)19-31(26)39)27-10-11-34(44)43(33(27)21-25)35-29(37)6-4-7-30(35)38/h4,6-11,19-22,24,32,41H,5,12-18H2,1-3H3/t32-/m0/s1. The first kappa shape index (κ1) is 35.2. The number of carbonyl (C=O) groups is 1. The number of nitrogens with zero attached hydrogens (tertiary/aromatic N) is 2. The summed E-state index contributed by atoms with van der Waals surface area (Å²) in [5.41, 5.74) is 1.71. The van der Waals surface area contributed by atoms with Gasteiger partial charge < -0.3 is 19.7 Å². The highest BCUT2D eigenvalue weighted by molar-refractivity contribution is 6.38. The average molecular weight is 703 g/mol. The van der Waals surface area contributed by atoms with Crippen LogP contribution < -0.4 is 15.6 Å².